The minimum Gasteiger partial charge on any atom is -0.497 e. The topological polar surface area (TPSA) is 30.5 Å². The summed E-state index contributed by atoms with van der Waals surface area (Å²) in [5.41, 5.74) is 0.993. The first kappa shape index (κ1) is 14.1. The Bertz CT molecular complexity index is 434. The summed E-state index contributed by atoms with van der Waals surface area (Å²) < 4.78 is 11.0. The standard InChI is InChI=1S/C15H20ClNO2/c1-2-8-19-15-7-6-12(10-14(15)16)17-11-13-5-3-4-9-18-13/h4,6-7,9-10,13,17H,2-3,5,8,11H2,1H3. The van der Waals surface area contributed by atoms with Crippen LogP contribution in [0.2, 0.25) is 5.02 Å². The normalized spacial score (nSPS) is 17.9. The van der Waals surface area contributed by atoms with E-state index in [2.05, 4.69) is 12.2 Å². The lowest BCUT2D eigenvalue weighted by Gasteiger charge is -2.20. The Balaban J connectivity index is 1.86. The predicted octanol–water partition coefficient (Wildman–Crippen LogP) is 4.23. The second kappa shape index (κ2) is 7.29. The van der Waals surface area contributed by atoms with Crippen molar-refractivity contribution in [2.45, 2.75) is 32.3 Å². The van der Waals surface area contributed by atoms with Gasteiger partial charge < -0.3 is 14.8 Å². The van der Waals surface area contributed by atoms with E-state index in [1.54, 1.807) is 6.26 Å². The maximum Gasteiger partial charge on any atom is 0.138 e. The van der Waals surface area contributed by atoms with Crippen LogP contribution in [0.25, 0.3) is 0 Å². The van der Waals surface area contributed by atoms with Crippen molar-refractivity contribution in [1.29, 1.82) is 0 Å². The largest absolute Gasteiger partial charge is 0.497 e. The highest BCUT2D eigenvalue weighted by molar-refractivity contribution is 6.32. The molecule has 1 atom stereocenters. The molecular weight excluding hydrogens is 262 g/mol. The van der Waals surface area contributed by atoms with Crippen LogP contribution in [0.3, 0.4) is 0 Å². The van der Waals surface area contributed by atoms with Crippen LogP contribution in [-0.2, 0) is 4.74 Å². The number of anilines is 1. The van der Waals surface area contributed by atoms with E-state index in [-0.39, 0.29) is 6.10 Å². The van der Waals surface area contributed by atoms with E-state index in [1.807, 2.05) is 24.3 Å². The van der Waals surface area contributed by atoms with Crippen molar-refractivity contribution in [3.05, 3.63) is 35.6 Å². The molecule has 4 heteroatoms. The van der Waals surface area contributed by atoms with Crippen molar-refractivity contribution in [3.63, 3.8) is 0 Å². The zero-order chi connectivity index (χ0) is 13.5. The van der Waals surface area contributed by atoms with Crippen LogP contribution in [0, 0.1) is 0 Å². The van der Waals surface area contributed by atoms with Crippen molar-refractivity contribution in [3.8, 4) is 5.75 Å². The summed E-state index contributed by atoms with van der Waals surface area (Å²) in [6.45, 7) is 3.55. The molecule has 0 amide bonds. The highest BCUT2D eigenvalue weighted by Crippen LogP contribution is 2.28. The second-order valence-corrected chi connectivity index (χ2v) is 4.99. The van der Waals surface area contributed by atoms with Gasteiger partial charge in [-0.3, -0.25) is 0 Å². The van der Waals surface area contributed by atoms with Crippen LogP contribution < -0.4 is 10.1 Å². The fourth-order valence-corrected chi connectivity index (χ4v) is 2.14. The van der Waals surface area contributed by atoms with E-state index in [4.69, 9.17) is 21.1 Å². The zero-order valence-corrected chi connectivity index (χ0v) is 12.0. The summed E-state index contributed by atoms with van der Waals surface area (Å²) in [5, 5.41) is 3.98. The molecule has 1 heterocycles. The van der Waals surface area contributed by atoms with E-state index in [0.717, 1.165) is 37.2 Å². The maximum atomic E-state index is 6.18. The quantitative estimate of drug-likeness (QED) is 0.846. The Morgan fingerprint density at radius 2 is 2.37 bits per heavy atom. The van der Waals surface area contributed by atoms with Gasteiger partial charge in [-0.05, 0) is 43.5 Å². The number of allylic oxidation sites excluding steroid dienone is 1. The van der Waals surface area contributed by atoms with Gasteiger partial charge in [-0.2, -0.15) is 0 Å². The number of rotatable bonds is 6. The number of ether oxygens (including phenoxy) is 2. The van der Waals surface area contributed by atoms with Gasteiger partial charge >= 0.3 is 0 Å². The Kier molecular flexibility index (Phi) is 5.40. The first-order chi connectivity index (χ1) is 9.29. The molecule has 1 aromatic rings. The summed E-state index contributed by atoms with van der Waals surface area (Å²) in [4.78, 5) is 0. The molecule has 0 aliphatic carbocycles. The Morgan fingerprint density at radius 3 is 3.05 bits per heavy atom. The van der Waals surface area contributed by atoms with Gasteiger partial charge in [-0.25, -0.2) is 0 Å². The molecule has 0 saturated heterocycles. The van der Waals surface area contributed by atoms with Crippen molar-refractivity contribution >= 4 is 17.3 Å². The smallest absolute Gasteiger partial charge is 0.138 e. The van der Waals surface area contributed by atoms with Crippen LogP contribution in [0.1, 0.15) is 26.2 Å². The Hall–Kier alpha value is -1.35. The molecule has 1 aliphatic rings. The molecule has 0 saturated carbocycles. The van der Waals surface area contributed by atoms with Gasteiger partial charge in [0.1, 0.15) is 11.9 Å². The molecule has 0 radical (unpaired) electrons. The van der Waals surface area contributed by atoms with Crippen LogP contribution >= 0.6 is 11.6 Å². The predicted molar refractivity (Wildman–Crippen MR) is 79.0 cm³/mol. The first-order valence-electron chi connectivity index (χ1n) is 6.76. The van der Waals surface area contributed by atoms with Gasteiger partial charge in [0.05, 0.1) is 24.4 Å². The molecular formula is C15H20ClNO2. The van der Waals surface area contributed by atoms with Crippen LogP contribution in [-0.4, -0.2) is 19.3 Å². The third-order valence-electron chi connectivity index (χ3n) is 2.95. The highest BCUT2D eigenvalue weighted by atomic mass is 35.5. The fourth-order valence-electron chi connectivity index (χ4n) is 1.91. The van der Waals surface area contributed by atoms with Crippen molar-refractivity contribution < 1.29 is 9.47 Å². The molecule has 0 spiro atoms. The Labute approximate surface area is 119 Å². The van der Waals surface area contributed by atoms with E-state index in [0.29, 0.717) is 11.6 Å². The van der Waals surface area contributed by atoms with Gasteiger partial charge in [0.25, 0.3) is 0 Å². The lowest BCUT2D eigenvalue weighted by atomic mass is 10.1. The van der Waals surface area contributed by atoms with Crippen LogP contribution in [0.15, 0.2) is 30.5 Å². The zero-order valence-electron chi connectivity index (χ0n) is 11.2. The lowest BCUT2D eigenvalue weighted by molar-refractivity contribution is 0.135. The first-order valence-corrected chi connectivity index (χ1v) is 7.14. The third kappa shape index (κ3) is 4.35. The van der Waals surface area contributed by atoms with E-state index in [1.165, 1.54) is 0 Å². The van der Waals surface area contributed by atoms with E-state index < -0.39 is 0 Å². The SMILES string of the molecule is CCCOc1ccc(NCC2CCC=CO2)cc1Cl. The average Bonchev–Trinajstić information content (AvgIpc) is 2.45. The van der Waals surface area contributed by atoms with Crippen LogP contribution in [0.5, 0.6) is 5.75 Å². The summed E-state index contributed by atoms with van der Waals surface area (Å²) >= 11 is 6.18. The van der Waals surface area contributed by atoms with Gasteiger partial charge in [-0.1, -0.05) is 18.5 Å². The molecule has 3 nitrogen and oxygen atoms in total. The Morgan fingerprint density at radius 1 is 1.47 bits per heavy atom. The molecule has 1 N–H and O–H groups in total. The fraction of sp³-hybridized carbons (Fsp3) is 0.467. The van der Waals surface area contributed by atoms with E-state index >= 15 is 0 Å². The molecule has 19 heavy (non-hydrogen) atoms. The summed E-state index contributed by atoms with van der Waals surface area (Å²) in [5.74, 6) is 0.742. The maximum absolute atomic E-state index is 6.18. The van der Waals surface area contributed by atoms with Gasteiger partial charge in [0.15, 0.2) is 0 Å². The molecule has 1 aliphatic heterocycles. The minimum atomic E-state index is 0.236. The van der Waals surface area contributed by atoms with E-state index in [9.17, 15) is 0 Å². The average molecular weight is 282 g/mol. The number of hydrogen-bond acceptors (Lipinski definition) is 3. The highest BCUT2D eigenvalue weighted by Gasteiger charge is 2.10. The monoisotopic (exact) mass is 281 g/mol. The molecule has 2 rings (SSSR count). The number of halogens is 1. The summed E-state index contributed by atoms with van der Waals surface area (Å²) in [6.07, 6.45) is 7.17. The number of benzene rings is 1. The number of hydrogen-bond donors (Lipinski definition) is 1. The summed E-state index contributed by atoms with van der Waals surface area (Å²) in [6, 6.07) is 5.78. The molecule has 1 aromatic carbocycles. The number of nitrogens with one attached hydrogen (secondary N) is 1. The summed E-state index contributed by atoms with van der Waals surface area (Å²) in [7, 11) is 0. The molecule has 104 valence electrons. The minimum absolute atomic E-state index is 0.236. The lowest BCUT2D eigenvalue weighted by Crippen LogP contribution is -2.22. The van der Waals surface area contributed by atoms with Crippen molar-refractivity contribution in [1.82, 2.24) is 0 Å². The van der Waals surface area contributed by atoms with Crippen LogP contribution in [0.4, 0.5) is 5.69 Å². The van der Waals surface area contributed by atoms with Gasteiger partial charge in [-0.15, -0.1) is 0 Å². The third-order valence-corrected chi connectivity index (χ3v) is 3.25. The second-order valence-electron chi connectivity index (χ2n) is 4.58. The molecule has 0 fully saturated rings. The van der Waals surface area contributed by atoms with Gasteiger partial charge in [0, 0.05) is 5.69 Å². The van der Waals surface area contributed by atoms with Crippen molar-refractivity contribution in [2.24, 2.45) is 0 Å². The molecule has 0 bridgehead atoms. The molecule has 1 unspecified atom stereocenters. The van der Waals surface area contributed by atoms with Crippen molar-refractivity contribution in [2.75, 3.05) is 18.5 Å². The van der Waals surface area contributed by atoms with Gasteiger partial charge in [0.2, 0.25) is 0 Å². The molecule has 0 aromatic heterocycles.